The fourth-order valence-electron chi connectivity index (χ4n) is 3.36. The molecule has 2 aromatic carbocycles. The van der Waals surface area contributed by atoms with Crippen molar-refractivity contribution in [2.24, 2.45) is 0 Å². The van der Waals surface area contributed by atoms with Crippen LogP contribution in [0.3, 0.4) is 0 Å². The Kier molecular flexibility index (Phi) is 5.83. The molecule has 1 N–H and O–H groups in total. The zero-order valence-corrected chi connectivity index (χ0v) is 17.0. The topological polar surface area (TPSA) is 61.6 Å². The molecule has 1 fully saturated rings. The van der Waals surface area contributed by atoms with E-state index in [0.717, 1.165) is 30.1 Å². The maximum atomic E-state index is 12.5. The van der Waals surface area contributed by atoms with E-state index in [4.69, 9.17) is 16.0 Å². The Balaban J connectivity index is 1.33. The molecule has 3 aromatic rings. The molecule has 1 aliphatic heterocycles. The quantitative estimate of drug-likeness (QED) is 0.679. The lowest BCUT2D eigenvalue weighted by Gasteiger charge is -2.34. The molecule has 0 radical (unpaired) electrons. The summed E-state index contributed by atoms with van der Waals surface area (Å²) < 4.78 is 5.85. The molecule has 29 heavy (non-hydrogen) atoms. The largest absolute Gasteiger partial charge is 0.441 e. The summed E-state index contributed by atoms with van der Waals surface area (Å²) in [6, 6.07) is 17.0. The van der Waals surface area contributed by atoms with Crippen LogP contribution in [-0.2, 0) is 6.54 Å². The molecule has 0 bridgehead atoms. The number of nitrogens with zero attached hydrogens (tertiary/aromatic N) is 3. The monoisotopic (exact) mass is 410 g/mol. The summed E-state index contributed by atoms with van der Waals surface area (Å²) in [6.07, 6.45) is 0. The number of urea groups is 1. The predicted octanol–water partition coefficient (Wildman–Crippen LogP) is 4.65. The Morgan fingerprint density at radius 3 is 2.48 bits per heavy atom. The fraction of sp³-hybridized carbons (Fsp3) is 0.273. The molecule has 150 valence electrons. The van der Waals surface area contributed by atoms with Gasteiger partial charge in [0.1, 0.15) is 5.76 Å². The van der Waals surface area contributed by atoms with Gasteiger partial charge in [0.05, 0.1) is 16.4 Å². The maximum Gasteiger partial charge on any atom is 0.321 e. The average molecular weight is 411 g/mol. The minimum atomic E-state index is -0.123. The molecule has 0 saturated carbocycles. The number of hydrogen-bond acceptors (Lipinski definition) is 4. The average Bonchev–Trinajstić information content (AvgIpc) is 3.11. The summed E-state index contributed by atoms with van der Waals surface area (Å²) in [5.41, 5.74) is 2.55. The van der Waals surface area contributed by atoms with Crippen molar-refractivity contribution in [2.45, 2.75) is 13.5 Å². The second-order valence-corrected chi connectivity index (χ2v) is 7.47. The van der Waals surface area contributed by atoms with Crippen molar-refractivity contribution in [3.8, 4) is 11.5 Å². The Bertz CT molecular complexity index is 981. The molecule has 6 nitrogen and oxygen atoms in total. The van der Waals surface area contributed by atoms with Gasteiger partial charge in [-0.25, -0.2) is 9.78 Å². The van der Waals surface area contributed by atoms with E-state index in [9.17, 15) is 4.79 Å². The van der Waals surface area contributed by atoms with Gasteiger partial charge in [0.25, 0.3) is 0 Å². The Morgan fingerprint density at radius 1 is 1.07 bits per heavy atom. The van der Waals surface area contributed by atoms with Gasteiger partial charge in [0, 0.05) is 38.3 Å². The van der Waals surface area contributed by atoms with Crippen LogP contribution < -0.4 is 5.32 Å². The molecule has 1 aromatic heterocycles. The number of carbonyl (C=O) groups is 1. The summed E-state index contributed by atoms with van der Waals surface area (Å²) >= 11 is 6.12. The first-order valence-electron chi connectivity index (χ1n) is 9.64. The predicted molar refractivity (Wildman–Crippen MR) is 114 cm³/mol. The van der Waals surface area contributed by atoms with Crippen molar-refractivity contribution in [1.82, 2.24) is 14.8 Å². The number of aromatic nitrogens is 1. The molecule has 7 heteroatoms. The van der Waals surface area contributed by atoms with Crippen LogP contribution in [-0.4, -0.2) is 47.0 Å². The summed E-state index contributed by atoms with van der Waals surface area (Å²) in [4.78, 5) is 21.3. The number of para-hydroxylation sites is 1. The summed E-state index contributed by atoms with van der Waals surface area (Å²) in [5, 5.41) is 3.42. The van der Waals surface area contributed by atoms with Crippen molar-refractivity contribution >= 4 is 23.3 Å². The van der Waals surface area contributed by atoms with Gasteiger partial charge in [0.2, 0.25) is 5.89 Å². The Morgan fingerprint density at radius 2 is 1.76 bits per heavy atom. The molecule has 0 aliphatic carbocycles. The highest BCUT2D eigenvalue weighted by Gasteiger charge is 2.23. The minimum Gasteiger partial charge on any atom is -0.441 e. The minimum absolute atomic E-state index is 0.123. The van der Waals surface area contributed by atoms with Gasteiger partial charge < -0.3 is 14.6 Å². The second kappa shape index (κ2) is 8.68. The zero-order valence-electron chi connectivity index (χ0n) is 16.3. The van der Waals surface area contributed by atoms with Gasteiger partial charge in [-0.2, -0.15) is 0 Å². The fourth-order valence-corrected chi connectivity index (χ4v) is 3.54. The van der Waals surface area contributed by atoms with E-state index >= 15 is 0 Å². The first-order chi connectivity index (χ1) is 14.1. The lowest BCUT2D eigenvalue weighted by atomic mass is 10.2. The molecule has 0 spiro atoms. The van der Waals surface area contributed by atoms with Gasteiger partial charge in [-0.05, 0) is 31.2 Å². The van der Waals surface area contributed by atoms with Crippen molar-refractivity contribution < 1.29 is 9.21 Å². The van der Waals surface area contributed by atoms with E-state index < -0.39 is 0 Å². The third-order valence-electron chi connectivity index (χ3n) is 5.06. The number of nitrogens with one attached hydrogen (secondary N) is 1. The van der Waals surface area contributed by atoms with Crippen LogP contribution >= 0.6 is 11.6 Å². The lowest BCUT2D eigenvalue weighted by Crippen LogP contribution is -2.49. The second-order valence-electron chi connectivity index (χ2n) is 7.06. The Hall–Kier alpha value is -2.83. The number of benzene rings is 2. The van der Waals surface area contributed by atoms with Crippen LogP contribution in [0.25, 0.3) is 11.5 Å². The highest BCUT2D eigenvalue weighted by atomic mass is 35.5. The van der Waals surface area contributed by atoms with Gasteiger partial charge in [0.15, 0.2) is 0 Å². The smallest absolute Gasteiger partial charge is 0.321 e. The molecule has 2 heterocycles. The number of halogens is 1. The number of oxazole rings is 1. The molecular weight excluding hydrogens is 388 g/mol. The maximum absolute atomic E-state index is 12.5. The number of rotatable bonds is 4. The number of piperazine rings is 1. The third kappa shape index (κ3) is 4.60. The van der Waals surface area contributed by atoms with Crippen LogP contribution in [0, 0.1) is 6.92 Å². The Labute approximate surface area is 175 Å². The van der Waals surface area contributed by atoms with E-state index in [2.05, 4.69) is 15.2 Å². The van der Waals surface area contributed by atoms with Crippen LogP contribution in [0.4, 0.5) is 10.5 Å². The van der Waals surface area contributed by atoms with E-state index in [1.807, 2.05) is 54.3 Å². The summed E-state index contributed by atoms with van der Waals surface area (Å²) in [5.74, 6) is 1.48. The molecule has 4 rings (SSSR count). The van der Waals surface area contributed by atoms with Gasteiger partial charge in [-0.3, -0.25) is 4.90 Å². The first kappa shape index (κ1) is 19.5. The van der Waals surface area contributed by atoms with Crippen molar-refractivity contribution in [1.29, 1.82) is 0 Å². The molecule has 1 aliphatic rings. The number of amides is 2. The highest BCUT2D eigenvalue weighted by molar-refractivity contribution is 6.33. The molecule has 0 atom stereocenters. The highest BCUT2D eigenvalue weighted by Crippen LogP contribution is 2.23. The normalized spacial score (nSPS) is 14.8. The van der Waals surface area contributed by atoms with Gasteiger partial charge in [-0.1, -0.05) is 41.9 Å². The van der Waals surface area contributed by atoms with Crippen LogP contribution in [0.5, 0.6) is 0 Å². The SMILES string of the molecule is Cc1oc(-c2ccccc2)nc1CN1CCN(C(=O)Nc2ccccc2Cl)CC1. The summed E-state index contributed by atoms with van der Waals surface area (Å²) in [6.45, 7) is 5.52. The number of aryl methyl sites for hydroxylation is 1. The molecule has 0 unspecified atom stereocenters. The van der Waals surface area contributed by atoms with Crippen molar-refractivity contribution in [3.05, 3.63) is 71.1 Å². The van der Waals surface area contributed by atoms with E-state index in [1.54, 1.807) is 12.1 Å². The zero-order chi connectivity index (χ0) is 20.2. The van der Waals surface area contributed by atoms with Crippen LogP contribution in [0.1, 0.15) is 11.5 Å². The molecule has 2 amide bonds. The van der Waals surface area contributed by atoms with Gasteiger partial charge in [-0.15, -0.1) is 0 Å². The summed E-state index contributed by atoms with van der Waals surface area (Å²) in [7, 11) is 0. The van der Waals surface area contributed by atoms with Gasteiger partial charge >= 0.3 is 6.03 Å². The molecule has 1 saturated heterocycles. The van der Waals surface area contributed by atoms with Crippen LogP contribution in [0.2, 0.25) is 5.02 Å². The first-order valence-corrected chi connectivity index (χ1v) is 10.0. The third-order valence-corrected chi connectivity index (χ3v) is 5.39. The van der Waals surface area contributed by atoms with Crippen molar-refractivity contribution in [3.63, 3.8) is 0 Å². The number of carbonyl (C=O) groups excluding carboxylic acids is 1. The molecular formula is C22H23ClN4O2. The van der Waals surface area contributed by atoms with E-state index in [-0.39, 0.29) is 6.03 Å². The number of anilines is 1. The van der Waals surface area contributed by atoms with Crippen LogP contribution in [0.15, 0.2) is 59.0 Å². The van der Waals surface area contributed by atoms with Crippen molar-refractivity contribution in [2.75, 3.05) is 31.5 Å². The lowest BCUT2D eigenvalue weighted by molar-refractivity contribution is 0.141. The van der Waals surface area contributed by atoms with E-state index in [0.29, 0.717) is 36.2 Å². The number of hydrogen-bond donors (Lipinski definition) is 1. The van der Waals surface area contributed by atoms with E-state index in [1.165, 1.54) is 0 Å². The standard InChI is InChI=1S/C22H23ClN4O2/c1-16-20(24-21(29-16)17-7-3-2-4-8-17)15-26-11-13-27(14-12-26)22(28)25-19-10-6-5-9-18(19)23/h2-10H,11-15H2,1H3,(H,25,28).